The first-order valence-electron chi connectivity index (χ1n) is 7.82. The number of rotatable bonds is 3. The van der Waals surface area contributed by atoms with E-state index in [0.29, 0.717) is 5.92 Å². The molecule has 0 radical (unpaired) electrons. The molecule has 2 aliphatic rings. The van der Waals surface area contributed by atoms with E-state index < -0.39 is 0 Å². The van der Waals surface area contributed by atoms with Crippen molar-refractivity contribution in [3.63, 3.8) is 0 Å². The molecule has 1 aromatic heterocycles. The molecule has 2 nitrogen and oxygen atoms in total. The summed E-state index contributed by atoms with van der Waals surface area (Å²) in [6.45, 7) is 0. The summed E-state index contributed by atoms with van der Waals surface area (Å²) >= 11 is 0. The molecule has 0 spiro atoms. The number of aliphatic hydroxyl groups excluding tert-OH is 1. The lowest BCUT2D eigenvalue weighted by Crippen LogP contribution is -2.27. The molecule has 0 aliphatic heterocycles. The molecule has 2 saturated carbocycles. The summed E-state index contributed by atoms with van der Waals surface area (Å²) in [5.41, 5.74) is 2.27. The second kappa shape index (κ2) is 4.85. The number of pyridine rings is 1. The third-order valence-corrected chi connectivity index (χ3v) is 5.46. The van der Waals surface area contributed by atoms with Gasteiger partial charge in [0.15, 0.2) is 0 Å². The molecular formula is C18H21NO. The summed E-state index contributed by atoms with van der Waals surface area (Å²) in [6, 6.07) is 10.3. The van der Waals surface area contributed by atoms with E-state index in [4.69, 9.17) is 0 Å². The zero-order valence-corrected chi connectivity index (χ0v) is 11.7. The molecule has 2 aliphatic carbocycles. The molecule has 1 heterocycles. The van der Waals surface area contributed by atoms with E-state index in [-0.39, 0.29) is 6.10 Å². The van der Waals surface area contributed by atoms with Crippen LogP contribution in [0.4, 0.5) is 0 Å². The Balaban J connectivity index is 1.58. The number of aromatic nitrogens is 1. The highest BCUT2D eigenvalue weighted by Gasteiger charge is 2.42. The van der Waals surface area contributed by atoms with Crippen LogP contribution in [0.5, 0.6) is 0 Å². The molecule has 4 atom stereocenters. The minimum absolute atomic E-state index is 0.184. The molecule has 1 aromatic carbocycles. The van der Waals surface area contributed by atoms with Gasteiger partial charge in [-0.1, -0.05) is 24.6 Å². The zero-order chi connectivity index (χ0) is 13.5. The van der Waals surface area contributed by atoms with Crippen molar-refractivity contribution in [1.29, 1.82) is 0 Å². The van der Waals surface area contributed by atoms with E-state index in [1.165, 1.54) is 36.6 Å². The topological polar surface area (TPSA) is 33.1 Å². The van der Waals surface area contributed by atoms with E-state index in [1.54, 1.807) is 0 Å². The fraction of sp³-hybridized carbons (Fsp3) is 0.500. The highest BCUT2D eigenvalue weighted by atomic mass is 16.3. The minimum atomic E-state index is -0.184. The first kappa shape index (κ1) is 12.3. The summed E-state index contributed by atoms with van der Waals surface area (Å²) in [6.07, 6.45) is 7.79. The fourth-order valence-corrected chi connectivity index (χ4v) is 4.47. The third kappa shape index (κ3) is 2.03. The van der Waals surface area contributed by atoms with Crippen LogP contribution in [-0.4, -0.2) is 16.2 Å². The maximum Gasteiger partial charge on any atom is 0.0704 e. The van der Waals surface area contributed by atoms with Crippen LogP contribution in [0.1, 0.15) is 31.2 Å². The van der Waals surface area contributed by atoms with Crippen molar-refractivity contribution in [2.45, 2.75) is 38.2 Å². The molecule has 2 aromatic rings. The molecule has 4 rings (SSSR count). The first-order chi connectivity index (χ1) is 9.81. The largest absolute Gasteiger partial charge is 0.392 e. The van der Waals surface area contributed by atoms with Crippen LogP contribution in [0.3, 0.4) is 0 Å². The van der Waals surface area contributed by atoms with Crippen LogP contribution in [0, 0.1) is 17.8 Å². The van der Waals surface area contributed by atoms with Gasteiger partial charge in [-0.05, 0) is 61.1 Å². The summed E-state index contributed by atoms with van der Waals surface area (Å²) in [7, 11) is 0. The number of fused-ring (bicyclic) bond motifs is 3. The number of benzene rings is 1. The molecule has 0 amide bonds. The second-order valence-corrected chi connectivity index (χ2v) is 6.60. The summed E-state index contributed by atoms with van der Waals surface area (Å²) in [5.74, 6) is 2.21. The van der Waals surface area contributed by atoms with Crippen LogP contribution >= 0.6 is 0 Å². The van der Waals surface area contributed by atoms with Gasteiger partial charge in [-0.2, -0.15) is 0 Å². The van der Waals surface area contributed by atoms with Gasteiger partial charge in [0.05, 0.1) is 11.6 Å². The van der Waals surface area contributed by atoms with Crippen molar-refractivity contribution in [2.24, 2.45) is 17.8 Å². The predicted octanol–water partition coefficient (Wildman–Crippen LogP) is 3.57. The Bertz CT molecular complexity index is 618. The van der Waals surface area contributed by atoms with Crippen LogP contribution in [0.2, 0.25) is 0 Å². The van der Waals surface area contributed by atoms with Crippen molar-refractivity contribution in [2.75, 3.05) is 0 Å². The zero-order valence-electron chi connectivity index (χ0n) is 11.7. The van der Waals surface area contributed by atoms with Gasteiger partial charge >= 0.3 is 0 Å². The molecule has 4 unspecified atom stereocenters. The lowest BCUT2D eigenvalue weighted by molar-refractivity contribution is 0.0753. The smallest absolute Gasteiger partial charge is 0.0704 e. The quantitative estimate of drug-likeness (QED) is 0.922. The Morgan fingerprint density at radius 3 is 2.85 bits per heavy atom. The second-order valence-electron chi connectivity index (χ2n) is 6.60. The van der Waals surface area contributed by atoms with Gasteiger partial charge in [0.2, 0.25) is 0 Å². The Labute approximate surface area is 119 Å². The number of hydrogen-bond donors (Lipinski definition) is 1. The van der Waals surface area contributed by atoms with Gasteiger partial charge in [-0.3, -0.25) is 4.98 Å². The van der Waals surface area contributed by atoms with Crippen LogP contribution < -0.4 is 0 Å². The normalized spacial score (nSPS) is 29.9. The summed E-state index contributed by atoms with van der Waals surface area (Å²) < 4.78 is 0. The summed E-state index contributed by atoms with van der Waals surface area (Å²) in [4.78, 5) is 4.40. The van der Waals surface area contributed by atoms with Gasteiger partial charge < -0.3 is 5.11 Å². The Kier molecular flexibility index (Phi) is 2.99. The maximum atomic E-state index is 10.7. The van der Waals surface area contributed by atoms with Gasteiger partial charge in [0.25, 0.3) is 0 Å². The van der Waals surface area contributed by atoms with Gasteiger partial charge in [-0.25, -0.2) is 0 Å². The van der Waals surface area contributed by atoms with Crippen molar-refractivity contribution in [3.05, 3.63) is 42.1 Å². The third-order valence-electron chi connectivity index (χ3n) is 5.46. The van der Waals surface area contributed by atoms with E-state index in [9.17, 15) is 5.11 Å². The van der Waals surface area contributed by atoms with E-state index in [2.05, 4.69) is 23.2 Å². The van der Waals surface area contributed by atoms with Crippen molar-refractivity contribution in [1.82, 2.24) is 4.98 Å². The lowest BCUT2D eigenvalue weighted by Gasteiger charge is -2.27. The number of nitrogens with zero attached hydrogens (tertiary/aromatic N) is 1. The van der Waals surface area contributed by atoms with Crippen LogP contribution in [0.15, 0.2) is 36.5 Å². The van der Waals surface area contributed by atoms with Crippen molar-refractivity contribution >= 4 is 10.9 Å². The number of aliphatic hydroxyl groups is 1. The van der Waals surface area contributed by atoms with E-state index in [0.717, 1.165) is 23.8 Å². The molecule has 104 valence electrons. The standard InChI is InChI=1S/C18H21NO/c20-18(16-10-12-5-6-13(16)9-12)11-14-7-8-19-17-4-2-1-3-15(14)17/h1-4,7-8,12-13,16,18,20H,5-6,9-11H2. The Hall–Kier alpha value is -1.41. The molecule has 20 heavy (non-hydrogen) atoms. The molecule has 2 heteroatoms. The van der Waals surface area contributed by atoms with Gasteiger partial charge in [0.1, 0.15) is 0 Å². The van der Waals surface area contributed by atoms with Crippen LogP contribution in [0.25, 0.3) is 10.9 Å². The lowest BCUT2D eigenvalue weighted by atomic mass is 9.82. The average Bonchev–Trinajstić information content (AvgIpc) is 3.10. The fourth-order valence-electron chi connectivity index (χ4n) is 4.47. The SMILES string of the molecule is OC(Cc1ccnc2ccccc12)C1CC2CCC1C2. The highest BCUT2D eigenvalue weighted by molar-refractivity contribution is 5.81. The minimum Gasteiger partial charge on any atom is -0.392 e. The summed E-state index contributed by atoms with van der Waals surface area (Å²) in [5, 5.41) is 11.9. The number of hydrogen-bond acceptors (Lipinski definition) is 2. The van der Waals surface area contributed by atoms with Gasteiger partial charge in [-0.15, -0.1) is 0 Å². The van der Waals surface area contributed by atoms with E-state index >= 15 is 0 Å². The van der Waals surface area contributed by atoms with E-state index in [1.807, 2.05) is 18.3 Å². The molecule has 2 bridgehead atoms. The Morgan fingerprint density at radius 1 is 1.15 bits per heavy atom. The number of para-hydroxylation sites is 1. The molecule has 2 fully saturated rings. The predicted molar refractivity (Wildman–Crippen MR) is 80.4 cm³/mol. The van der Waals surface area contributed by atoms with Crippen LogP contribution in [-0.2, 0) is 6.42 Å². The maximum absolute atomic E-state index is 10.7. The van der Waals surface area contributed by atoms with Crippen molar-refractivity contribution in [3.8, 4) is 0 Å². The molecule has 1 N–H and O–H groups in total. The molecule has 0 saturated heterocycles. The van der Waals surface area contributed by atoms with Crippen molar-refractivity contribution < 1.29 is 5.11 Å². The average molecular weight is 267 g/mol. The highest BCUT2D eigenvalue weighted by Crippen LogP contribution is 2.49. The Morgan fingerprint density at radius 2 is 2.05 bits per heavy atom. The first-order valence-corrected chi connectivity index (χ1v) is 7.82. The molecular weight excluding hydrogens is 246 g/mol. The van der Waals surface area contributed by atoms with Gasteiger partial charge in [0, 0.05) is 11.6 Å². The monoisotopic (exact) mass is 267 g/mol.